The first kappa shape index (κ1) is 9.41. The minimum absolute atomic E-state index is 0.217. The minimum atomic E-state index is 0.217. The lowest BCUT2D eigenvalue weighted by molar-refractivity contribution is -0.110. The smallest absolute Gasteiger partial charge is 0.122 e. The quantitative estimate of drug-likeness (QED) is 0.433. The lowest BCUT2D eigenvalue weighted by Gasteiger charge is -2.01. The van der Waals surface area contributed by atoms with Crippen molar-refractivity contribution in [2.75, 3.05) is 0 Å². The zero-order valence-electron chi connectivity index (χ0n) is 7.05. The Hall–Kier alpha value is -0.590. The summed E-state index contributed by atoms with van der Waals surface area (Å²) >= 11 is 0. The van der Waals surface area contributed by atoms with Gasteiger partial charge in [0.15, 0.2) is 0 Å². The van der Waals surface area contributed by atoms with Crippen molar-refractivity contribution in [3.05, 3.63) is 11.6 Å². The van der Waals surface area contributed by atoms with E-state index >= 15 is 0 Å². The van der Waals surface area contributed by atoms with E-state index in [-0.39, 0.29) is 5.92 Å². The van der Waals surface area contributed by atoms with Crippen molar-refractivity contribution >= 4 is 6.29 Å². The average molecular weight is 140 g/mol. The summed E-state index contributed by atoms with van der Waals surface area (Å²) in [7, 11) is 0. The molecule has 0 aliphatic rings. The molecule has 0 rings (SSSR count). The third-order valence-electron chi connectivity index (χ3n) is 1.72. The van der Waals surface area contributed by atoms with Gasteiger partial charge < -0.3 is 4.79 Å². The average Bonchev–Trinajstić information content (AvgIpc) is 1.99. The van der Waals surface area contributed by atoms with Gasteiger partial charge in [0, 0.05) is 5.92 Å². The SMILES string of the molecule is C/C=C(\C)CCC(C)C=O. The second-order valence-electron chi connectivity index (χ2n) is 2.79. The van der Waals surface area contributed by atoms with Crippen LogP contribution in [0.15, 0.2) is 11.6 Å². The van der Waals surface area contributed by atoms with Crippen LogP contribution in [0.4, 0.5) is 0 Å². The molecule has 0 aliphatic heterocycles. The Labute approximate surface area is 63.1 Å². The fourth-order valence-corrected chi connectivity index (χ4v) is 0.668. The van der Waals surface area contributed by atoms with Gasteiger partial charge in [-0.2, -0.15) is 0 Å². The van der Waals surface area contributed by atoms with Gasteiger partial charge in [-0.05, 0) is 26.7 Å². The predicted octanol–water partition coefficient (Wildman–Crippen LogP) is 2.57. The molecule has 0 bridgehead atoms. The molecular weight excluding hydrogens is 124 g/mol. The maximum atomic E-state index is 10.2. The van der Waals surface area contributed by atoms with Crippen molar-refractivity contribution in [2.24, 2.45) is 5.92 Å². The Kier molecular flexibility index (Phi) is 4.91. The first-order valence-electron chi connectivity index (χ1n) is 3.77. The van der Waals surface area contributed by atoms with E-state index in [9.17, 15) is 4.79 Å². The van der Waals surface area contributed by atoms with Crippen LogP contribution >= 0.6 is 0 Å². The van der Waals surface area contributed by atoms with Crippen molar-refractivity contribution in [2.45, 2.75) is 33.6 Å². The number of aldehydes is 1. The summed E-state index contributed by atoms with van der Waals surface area (Å²) in [5.41, 5.74) is 1.37. The van der Waals surface area contributed by atoms with Gasteiger partial charge in [0.25, 0.3) is 0 Å². The molecule has 58 valence electrons. The number of hydrogen-bond acceptors (Lipinski definition) is 1. The highest BCUT2D eigenvalue weighted by Gasteiger charge is 1.98. The van der Waals surface area contributed by atoms with E-state index in [1.54, 1.807) is 0 Å². The molecule has 0 heterocycles. The molecule has 0 aromatic rings. The van der Waals surface area contributed by atoms with Crippen molar-refractivity contribution in [3.8, 4) is 0 Å². The first-order valence-corrected chi connectivity index (χ1v) is 3.77. The molecule has 1 unspecified atom stereocenters. The minimum Gasteiger partial charge on any atom is -0.303 e. The number of hydrogen-bond donors (Lipinski definition) is 0. The van der Waals surface area contributed by atoms with Gasteiger partial charge in [0.2, 0.25) is 0 Å². The Balaban J connectivity index is 3.44. The van der Waals surface area contributed by atoms with Crippen molar-refractivity contribution in [1.82, 2.24) is 0 Å². The van der Waals surface area contributed by atoms with E-state index < -0.39 is 0 Å². The number of carbonyl (C=O) groups is 1. The monoisotopic (exact) mass is 140 g/mol. The van der Waals surface area contributed by atoms with E-state index in [0.717, 1.165) is 19.1 Å². The largest absolute Gasteiger partial charge is 0.303 e. The van der Waals surface area contributed by atoms with Crippen LogP contribution in [0.25, 0.3) is 0 Å². The van der Waals surface area contributed by atoms with Crippen LogP contribution in [0.5, 0.6) is 0 Å². The van der Waals surface area contributed by atoms with Gasteiger partial charge in [-0.1, -0.05) is 18.6 Å². The second-order valence-corrected chi connectivity index (χ2v) is 2.79. The second kappa shape index (κ2) is 5.21. The van der Waals surface area contributed by atoms with Crippen LogP contribution in [0.3, 0.4) is 0 Å². The third-order valence-corrected chi connectivity index (χ3v) is 1.72. The molecule has 1 heteroatoms. The van der Waals surface area contributed by atoms with E-state index in [0.29, 0.717) is 0 Å². The molecular formula is C9H16O. The standard InChI is InChI=1S/C9H16O/c1-4-8(2)5-6-9(3)7-10/h4,7,9H,5-6H2,1-3H3/b8-4+. The summed E-state index contributed by atoms with van der Waals surface area (Å²) in [6.45, 7) is 6.08. The lowest BCUT2D eigenvalue weighted by Crippen LogP contribution is -1.94. The van der Waals surface area contributed by atoms with Gasteiger partial charge in [0.05, 0.1) is 0 Å². The van der Waals surface area contributed by atoms with E-state index in [1.165, 1.54) is 5.57 Å². The molecule has 1 atom stereocenters. The van der Waals surface area contributed by atoms with E-state index in [4.69, 9.17) is 0 Å². The predicted molar refractivity (Wildman–Crippen MR) is 43.9 cm³/mol. The zero-order chi connectivity index (χ0) is 7.98. The topological polar surface area (TPSA) is 17.1 Å². The van der Waals surface area contributed by atoms with Crippen LogP contribution in [-0.4, -0.2) is 6.29 Å². The van der Waals surface area contributed by atoms with Crippen LogP contribution in [-0.2, 0) is 4.79 Å². The highest BCUT2D eigenvalue weighted by atomic mass is 16.1. The van der Waals surface area contributed by atoms with Crippen molar-refractivity contribution in [3.63, 3.8) is 0 Å². The fourth-order valence-electron chi connectivity index (χ4n) is 0.668. The Morgan fingerprint density at radius 1 is 1.60 bits per heavy atom. The Morgan fingerprint density at radius 2 is 2.20 bits per heavy atom. The highest BCUT2D eigenvalue weighted by molar-refractivity contribution is 5.52. The number of allylic oxidation sites excluding steroid dienone is 2. The molecule has 0 aliphatic carbocycles. The maximum absolute atomic E-state index is 10.2. The molecule has 0 aromatic heterocycles. The van der Waals surface area contributed by atoms with Crippen LogP contribution < -0.4 is 0 Å². The summed E-state index contributed by atoms with van der Waals surface area (Å²) < 4.78 is 0. The van der Waals surface area contributed by atoms with Gasteiger partial charge >= 0.3 is 0 Å². The molecule has 0 spiro atoms. The van der Waals surface area contributed by atoms with Gasteiger partial charge in [-0.3, -0.25) is 0 Å². The van der Waals surface area contributed by atoms with E-state index in [1.807, 2.05) is 13.8 Å². The molecule has 0 saturated carbocycles. The molecule has 1 nitrogen and oxygen atoms in total. The summed E-state index contributed by atoms with van der Waals surface area (Å²) in [6, 6.07) is 0. The number of carbonyl (C=O) groups excluding carboxylic acids is 1. The third kappa shape index (κ3) is 4.30. The normalized spacial score (nSPS) is 14.9. The lowest BCUT2D eigenvalue weighted by atomic mass is 10.0. The number of rotatable bonds is 4. The highest BCUT2D eigenvalue weighted by Crippen LogP contribution is 2.08. The zero-order valence-corrected chi connectivity index (χ0v) is 7.05. The molecule has 10 heavy (non-hydrogen) atoms. The summed E-state index contributed by atoms with van der Waals surface area (Å²) in [4.78, 5) is 10.2. The summed E-state index contributed by atoms with van der Waals surface area (Å²) in [5.74, 6) is 0.217. The first-order chi connectivity index (χ1) is 4.70. The van der Waals surface area contributed by atoms with Crippen LogP contribution in [0.1, 0.15) is 33.6 Å². The molecule has 0 amide bonds. The maximum Gasteiger partial charge on any atom is 0.122 e. The van der Waals surface area contributed by atoms with Crippen LogP contribution in [0.2, 0.25) is 0 Å². The fraction of sp³-hybridized carbons (Fsp3) is 0.667. The van der Waals surface area contributed by atoms with Crippen LogP contribution in [0, 0.1) is 5.92 Å². The molecule has 0 aromatic carbocycles. The van der Waals surface area contributed by atoms with Crippen molar-refractivity contribution in [1.29, 1.82) is 0 Å². The summed E-state index contributed by atoms with van der Waals surface area (Å²) in [5, 5.41) is 0. The van der Waals surface area contributed by atoms with Crippen molar-refractivity contribution < 1.29 is 4.79 Å². The molecule has 0 N–H and O–H groups in total. The molecule has 0 fully saturated rings. The Bertz CT molecular complexity index is 125. The van der Waals surface area contributed by atoms with Gasteiger partial charge in [0.1, 0.15) is 6.29 Å². The van der Waals surface area contributed by atoms with Gasteiger partial charge in [-0.15, -0.1) is 0 Å². The van der Waals surface area contributed by atoms with E-state index in [2.05, 4.69) is 13.0 Å². The Morgan fingerprint density at radius 3 is 2.60 bits per heavy atom. The summed E-state index contributed by atoms with van der Waals surface area (Å²) in [6.07, 6.45) is 5.15. The molecule has 0 radical (unpaired) electrons. The molecule has 0 saturated heterocycles. The van der Waals surface area contributed by atoms with Gasteiger partial charge in [-0.25, -0.2) is 0 Å².